The van der Waals surface area contributed by atoms with Crippen LogP contribution in [0.4, 0.5) is 0 Å². The largest absolute Gasteiger partial charge is 0.357 e. The van der Waals surface area contributed by atoms with Gasteiger partial charge in [-0.15, -0.1) is 0 Å². The Balaban J connectivity index is 1.65. The molecule has 0 saturated carbocycles. The summed E-state index contributed by atoms with van der Waals surface area (Å²) in [4.78, 5) is 11.4. The minimum atomic E-state index is 0.439. The Morgan fingerprint density at radius 3 is 3.00 bits per heavy atom. The van der Waals surface area contributed by atoms with E-state index in [1.165, 1.54) is 5.56 Å². The van der Waals surface area contributed by atoms with Crippen molar-refractivity contribution in [3.05, 3.63) is 36.7 Å². The number of nitrogens with one attached hydrogen (secondary N) is 1. The molecular weight excluding hydrogens is 314 g/mol. The first-order chi connectivity index (χ1) is 12.2. The van der Waals surface area contributed by atoms with Crippen LogP contribution in [0.25, 0.3) is 0 Å². The van der Waals surface area contributed by atoms with Crippen molar-refractivity contribution >= 4 is 5.96 Å². The molecule has 3 heterocycles. The molecule has 7 nitrogen and oxygen atoms in total. The van der Waals surface area contributed by atoms with Crippen molar-refractivity contribution in [2.24, 2.45) is 10.9 Å². The van der Waals surface area contributed by atoms with Crippen molar-refractivity contribution < 1.29 is 0 Å². The molecule has 0 bridgehead atoms. The van der Waals surface area contributed by atoms with Gasteiger partial charge < -0.3 is 14.8 Å². The number of imidazole rings is 1. The first kappa shape index (κ1) is 17.5. The number of nitrogens with zero attached hydrogens (tertiary/aromatic N) is 6. The number of aliphatic imine (C=N–C) groups is 1. The number of rotatable bonds is 5. The molecule has 1 N–H and O–H groups in total. The number of aryl methyl sites for hydroxylation is 1. The first-order valence-electron chi connectivity index (χ1n) is 9.17. The van der Waals surface area contributed by atoms with Gasteiger partial charge in [-0.1, -0.05) is 6.92 Å². The average molecular weight is 343 g/mol. The summed E-state index contributed by atoms with van der Waals surface area (Å²) >= 11 is 0. The zero-order valence-corrected chi connectivity index (χ0v) is 15.5. The molecule has 7 heteroatoms. The van der Waals surface area contributed by atoms with E-state index in [2.05, 4.69) is 58.0 Å². The highest BCUT2D eigenvalue weighted by molar-refractivity contribution is 5.80. The molecule has 0 amide bonds. The van der Waals surface area contributed by atoms with E-state index in [4.69, 9.17) is 4.99 Å². The van der Waals surface area contributed by atoms with Crippen LogP contribution < -0.4 is 5.32 Å². The summed E-state index contributed by atoms with van der Waals surface area (Å²) in [6.07, 6.45) is 10.9. The SMILES string of the molecule is CCNC(=NCCn1cc(C)cn1)N1CCC(C)C(n2ccnc2)C1. The van der Waals surface area contributed by atoms with Crippen LogP contribution >= 0.6 is 0 Å². The fourth-order valence-corrected chi connectivity index (χ4v) is 3.37. The van der Waals surface area contributed by atoms with Gasteiger partial charge in [0.25, 0.3) is 0 Å². The minimum absolute atomic E-state index is 0.439. The van der Waals surface area contributed by atoms with Crippen LogP contribution in [0.5, 0.6) is 0 Å². The maximum Gasteiger partial charge on any atom is 0.194 e. The lowest BCUT2D eigenvalue weighted by Crippen LogP contribution is -2.49. The van der Waals surface area contributed by atoms with Gasteiger partial charge >= 0.3 is 0 Å². The molecule has 2 atom stereocenters. The second kappa shape index (κ2) is 8.18. The van der Waals surface area contributed by atoms with E-state index >= 15 is 0 Å². The fraction of sp³-hybridized carbons (Fsp3) is 0.611. The molecule has 3 rings (SSSR count). The maximum atomic E-state index is 4.83. The molecule has 1 fully saturated rings. The Bertz CT molecular complexity index is 673. The number of piperidine rings is 1. The molecule has 0 radical (unpaired) electrons. The van der Waals surface area contributed by atoms with Crippen LogP contribution in [0.15, 0.2) is 36.1 Å². The summed E-state index contributed by atoms with van der Waals surface area (Å²) < 4.78 is 4.18. The van der Waals surface area contributed by atoms with Gasteiger partial charge in [0.2, 0.25) is 0 Å². The van der Waals surface area contributed by atoms with Crippen LogP contribution in [-0.4, -0.2) is 56.4 Å². The van der Waals surface area contributed by atoms with E-state index < -0.39 is 0 Å². The average Bonchev–Trinajstić information content (AvgIpc) is 3.26. The summed E-state index contributed by atoms with van der Waals surface area (Å²) in [6.45, 7) is 10.9. The lowest BCUT2D eigenvalue weighted by Gasteiger charge is -2.39. The Kier molecular flexibility index (Phi) is 5.73. The standard InChI is InChI=1S/C18H29N7/c1-4-20-18(21-7-10-25-12-15(2)11-22-25)23-8-5-16(3)17(13-23)24-9-6-19-14-24/h6,9,11-12,14,16-17H,4-5,7-8,10,13H2,1-3H3,(H,20,21). The van der Waals surface area contributed by atoms with Gasteiger partial charge in [0, 0.05) is 38.2 Å². The molecule has 0 spiro atoms. The summed E-state index contributed by atoms with van der Waals surface area (Å²) in [5.74, 6) is 1.64. The Labute approximate surface area is 149 Å². The van der Waals surface area contributed by atoms with Crippen molar-refractivity contribution in [3.63, 3.8) is 0 Å². The second-order valence-corrected chi connectivity index (χ2v) is 6.81. The van der Waals surface area contributed by atoms with Gasteiger partial charge in [-0.25, -0.2) is 4.98 Å². The number of aromatic nitrogens is 4. The Morgan fingerprint density at radius 2 is 2.32 bits per heavy atom. The molecular formula is C18H29N7. The van der Waals surface area contributed by atoms with Gasteiger partial charge in [-0.05, 0) is 31.7 Å². The molecule has 2 aromatic rings. The van der Waals surface area contributed by atoms with E-state index in [9.17, 15) is 0 Å². The third-order valence-corrected chi connectivity index (χ3v) is 4.81. The van der Waals surface area contributed by atoms with Crippen molar-refractivity contribution in [3.8, 4) is 0 Å². The fourth-order valence-electron chi connectivity index (χ4n) is 3.37. The highest BCUT2D eigenvalue weighted by atomic mass is 15.3. The molecule has 2 unspecified atom stereocenters. The van der Waals surface area contributed by atoms with Crippen LogP contribution in [0.1, 0.15) is 31.9 Å². The second-order valence-electron chi connectivity index (χ2n) is 6.81. The highest BCUT2D eigenvalue weighted by Crippen LogP contribution is 2.27. The van der Waals surface area contributed by atoms with E-state index in [0.29, 0.717) is 12.0 Å². The topological polar surface area (TPSA) is 63.3 Å². The normalized spacial score (nSPS) is 21.6. The summed E-state index contributed by atoms with van der Waals surface area (Å²) in [5.41, 5.74) is 1.18. The van der Waals surface area contributed by atoms with Gasteiger partial charge in [0.1, 0.15) is 0 Å². The van der Waals surface area contributed by atoms with Gasteiger partial charge in [0.05, 0.1) is 31.7 Å². The van der Waals surface area contributed by atoms with Crippen molar-refractivity contribution in [2.45, 2.75) is 39.8 Å². The van der Waals surface area contributed by atoms with Gasteiger partial charge in [0.15, 0.2) is 5.96 Å². The minimum Gasteiger partial charge on any atom is -0.357 e. The van der Waals surface area contributed by atoms with E-state index in [1.54, 1.807) is 0 Å². The molecule has 1 saturated heterocycles. The lowest BCUT2D eigenvalue weighted by molar-refractivity contribution is 0.189. The Hall–Kier alpha value is -2.31. The zero-order valence-electron chi connectivity index (χ0n) is 15.5. The first-order valence-corrected chi connectivity index (χ1v) is 9.17. The Morgan fingerprint density at radius 1 is 1.44 bits per heavy atom. The molecule has 0 aromatic carbocycles. The molecule has 136 valence electrons. The van der Waals surface area contributed by atoms with E-state index in [1.807, 2.05) is 23.4 Å². The smallest absolute Gasteiger partial charge is 0.194 e. The van der Waals surface area contributed by atoms with Crippen LogP contribution in [-0.2, 0) is 6.54 Å². The number of guanidine groups is 1. The molecule has 1 aliphatic rings. The van der Waals surface area contributed by atoms with Crippen LogP contribution in [0.2, 0.25) is 0 Å². The lowest BCUT2D eigenvalue weighted by atomic mass is 9.93. The van der Waals surface area contributed by atoms with Crippen LogP contribution in [0, 0.1) is 12.8 Å². The van der Waals surface area contributed by atoms with E-state index in [-0.39, 0.29) is 0 Å². The molecule has 2 aromatic heterocycles. The number of hydrogen-bond acceptors (Lipinski definition) is 3. The van der Waals surface area contributed by atoms with Crippen molar-refractivity contribution in [1.82, 2.24) is 29.5 Å². The van der Waals surface area contributed by atoms with Crippen LogP contribution in [0.3, 0.4) is 0 Å². The number of likely N-dealkylation sites (tertiary alicyclic amines) is 1. The van der Waals surface area contributed by atoms with Crippen molar-refractivity contribution in [2.75, 3.05) is 26.2 Å². The van der Waals surface area contributed by atoms with Crippen molar-refractivity contribution in [1.29, 1.82) is 0 Å². The quantitative estimate of drug-likeness (QED) is 0.666. The predicted molar refractivity (Wildman–Crippen MR) is 99.6 cm³/mol. The molecule has 25 heavy (non-hydrogen) atoms. The summed E-state index contributed by atoms with van der Waals surface area (Å²) in [5, 5.41) is 7.78. The third kappa shape index (κ3) is 4.41. The monoisotopic (exact) mass is 343 g/mol. The van der Waals surface area contributed by atoms with Gasteiger partial charge in [-0.2, -0.15) is 5.10 Å². The molecule has 1 aliphatic heterocycles. The highest BCUT2D eigenvalue weighted by Gasteiger charge is 2.28. The zero-order chi connectivity index (χ0) is 17.6. The summed E-state index contributed by atoms with van der Waals surface area (Å²) in [7, 11) is 0. The third-order valence-electron chi connectivity index (χ3n) is 4.81. The van der Waals surface area contributed by atoms with Gasteiger partial charge in [-0.3, -0.25) is 9.67 Å². The maximum absolute atomic E-state index is 4.83. The summed E-state index contributed by atoms with van der Waals surface area (Å²) in [6, 6.07) is 0.439. The number of hydrogen-bond donors (Lipinski definition) is 1. The predicted octanol–water partition coefficient (Wildman–Crippen LogP) is 1.94. The molecule has 0 aliphatic carbocycles. The van der Waals surface area contributed by atoms with E-state index in [0.717, 1.165) is 45.1 Å².